The summed E-state index contributed by atoms with van der Waals surface area (Å²) in [6.45, 7) is 5.95. The van der Waals surface area contributed by atoms with Crippen LogP contribution in [-0.4, -0.2) is 64.2 Å². The lowest BCUT2D eigenvalue weighted by atomic mass is 9.80. The van der Waals surface area contributed by atoms with Crippen LogP contribution in [0.1, 0.15) is 68.2 Å². The molecule has 0 atom stereocenters. The number of rotatable bonds is 8. The van der Waals surface area contributed by atoms with E-state index in [1.54, 1.807) is 12.4 Å². The third-order valence-corrected chi connectivity index (χ3v) is 8.65. The van der Waals surface area contributed by atoms with E-state index in [0.29, 0.717) is 23.1 Å². The van der Waals surface area contributed by atoms with Crippen LogP contribution in [-0.2, 0) is 6.54 Å². The van der Waals surface area contributed by atoms with Crippen LogP contribution in [0.5, 0.6) is 0 Å². The van der Waals surface area contributed by atoms with Crippen molar-refractivity contribution in [1.82, 2.24) is 24.4 Å². The molecule has 0 unspecified atom stereocenters. The molecule has 202 valence electrons. The van der Waals surface area contributed by atoms with Crippen LogP contribution in [0.4, 0.5) is 20.4 Å². The normalized spacial score (nSPS) is 19.2. The molecule has 2 aromatic heterocycles. The predicted molar refractivity (Wildman–Crippen MR) is 146 cm³/mol. The fourth-order valence-corrected chi connectivity index (χ4v) is 6.24. The number of nitrogens with one attached hydrogen (secondary N) is 1. The van der Waals surface area contributed by atoms with Gasteiger partial charge in [0.05, 0.1) is 5.69 Å². The third-order valence-electron chi connectivity index (χ3n) is 8.65. The number of imidazole rings is 1. The van der Waals surface area contributed by atoms with E-state index in [4.69, 9.17) is 9.97 Å². The Balaban J connectivity index is 1.23. The molecule has 7 nitrogen and oxygen atoms in total. The summed E-state index contributed by atoms with van der Waals surface area (Å²) < 4.78 is 29.9. The highest BCUT2D eigenvalue weighted by Crippen LogP contribution is 2.44. The lowest BCUT2D eigenvalue weighted by Gasteiger charge is -2.36. The number of likely N-dealkylation sites (tertiary alicyclic amines) is 1. The SMILES string of the molecule is CNc1ncnc(N2CCC(c3nc(-c4ccc(F)c(F)c4)cn3CCN3CCCC3)CC2)c1C1CCC1. The Morgan fingerprint density at radius 3 is 2.37 bits per heavy atom. The number of nitrogens with zero attached hydrogens (tertiary/aromatic N) is 6. The van der Waals surface area contributed by atoms with Crippen LogP contribution in [0, 0.1) is 11.6 Å². The molecule has 38 heavy (non-hydrogen) atoms. The maximum atomic E-state index is 14.0. The van der Waals surface area contributed by atoms with Gasteiger partial charge in [0.2, 0.25) is 0 Å². The zero-order chi connectivity index (χ0) is 26.1. The van der Waals surface area contributed by atoms with E-state index in [2.05, 4.69) is 24.7 Å². The Labute approximate surface area is 223 Å². The molecule has 9 heteroatoms. The van der Waals surface area contributed by atoms with E-state index in [1.165, 1.54) is 49.8 Å². The second-order valence-electron chi connectivity index (χ2n) is 11.0. The molecule has 4 heterocycles. The van der Waals surface area contributed by atoms with Crippen molar-refractivity contribution in [3.63, 3.8) is 0 Å². The Morgan fingerprint density at radius 2 is 1.68 bits per heavy atom. The van der Waals surface area contributed by atoms with Gasteiger partial charge in [-0.3, -0.25) is 0 Å². The average molecular weight is 522 g/mol. The molecule has 1 aromatic carbocycles. The number of hydrogen-bond acceptors (Lipinski definition) is 6. The van der Waals surface area contributed by atoms with Crippen LogP contribution >= 0.6 is 0 Å². The molecule has 1 N–H and O–H groups in total. The molecule has 2 saturated heterocycles. The molecular formula is C29H37F2N7. The molecule has 1 saturated carbocycles. The van der Waals surface area contributed by atoms with Gasteiger partial charge in [0.25, 0.3) is 0 Å². The first-order valence-corrected chi connectivity index (χ1v) is 14.1. The summed E-state index contributed by atoms with van der Waals surface area (Å²) in [7, 11) is 1.94. The first kappa shape index (κ1) is 25.2. The lowest BCUT2D eigenvalue weighted by molar-refractivity contribution is 0.317. The topological polar surface area (TPSA) is 62.1 Å². The van der Waals surface area contributed by atoms with Crippen LogP contribution in [0.2, 0.25) is 0 Å². The summed E-state index contributed by atoms with van der Waals surface area (Å²) >= 11 is 0. The largest absolute Gasteiger partial charge is 0.373 e. The van der Waals surface area contributed by atoms with Crippen LogP contribution in [0.3, 0.4) is 0 Å². The molecule has 0 spiro atoms. The highest BCUT2D eigenvalue weighted by molar-refractivity contribution is 5.61. The van der Waals surface area contributed by atoms with Gasteiger partial charge in [0.15, 0.2) is 11.6 Å². The van der Waals surface area contributed by atoms with Crippen molar-refractivity contribution in [2.24, 2.45) is 0 Å². The van der Waals surface area contributed by atoms with Crippen molar-refractivity contribution in [3.8, 4) is 11.3 Å². The van der Waals surface area contributed by atoms with Crippen molar-refractivity contribution in [3.05, 3.63) is 53.7 Å². The van der Waals surface area contributed by atoms with Gasteiger partial charge in [-0.2, -0.15) is 0 Å². The monoisotopic (exact) mass is 521 g/mol. The van der Waals surface area contributed by atoms with Crippen LogP contribution in [0.15, 0.2) is 30.7 Å². The minimum atomic E-state index is -0.836. The van der Waals surface area contributed by atoms with Crippen molar-refractivity contribution >= 4 is 11.6 Å². The summed E-state index contributed by atoms with van der Waals surface area (Å²) in [6, 6.07) is 4.06. The molecule has 3 aliphatic rings. The summed E-state index contributed by atoms with van der Waals surface area (Å²) in [5, 5.41) is 3.28. The Kier molecular flexibility index (Phi) is 7.28. The van der Waals surface area contributed by atoms with E-state index in [1.807, 2.05) is 13.2 Å². The fraction of sp³-hybridized carbons (Fsp3) is 0.552. The maximum absolute atomic E-state index is 14.0. The molecule has 0 bridgehead atoms. The standard InChI is InChI=1S/C29H37F2N7/c1-32-27-26(20-5-4-6-20)29(34-19-33-27)37-13-9-21(10-14-37)28-35-25(22-7-8-23(30)24(31)17-22)18-38(28)16-15-36-11-2-3-12-36/h7-8,17-21H,2-6,9-16H2,1H3,(H,32,33,34). The van der Waals surface area contributed by atoms with E-state index in [-0.39, 0.29) is 0 Å². The van der Waals surface area contributed by atoms with E-state index in [0.717, 1.165) is 69.6 Å². The molecule has 3 aromatic rings. The summed E-state index contributed by atoms with van der Waals surface area (Å²) in [6.07, 6.45) is 11.8. The number of piperidine rings is 1. The Morgan fingerprint density at radius 1 is 0.895 bits per heavy atom. The smallest absolute Gasteiger partial charge is 0.159 e. The highest BCUT2D eigenvalue weighted by atomic mass is 19.2. The summed E-state index contributed by atoms with van der Waals surface area (Å²) in [5.41, 5.74) is 2.60. The van der Waals surface area contributed by atoms with Crippen molar-refractivity contribution in [2.45, 2.75) is 63.3 Å². The highest BCUT2D eigenvalue weighted by Gasteiger charge is 2.32. The minimum absolute atomic E-state index is 0.307. The predicted octanol–water partition coefficient (Wildman–Crippen LogP) is 5.41. The molecule has 1 aliphatic carbocycles. The fourth-order valence-electron chi connectivity index (χ4n) is 6.24. The number of anilines is 2. The average Bonchev–Trinajstić information content (AvgIpc) is 3.59. The van der Waals surface area contributed by atoms with Crippen molar-refractivity contribution in [1.29, 1.82) is 0 Å². The first-order valence-electron chi connectivity index (χ1n) is 14.1. The lowest BCUT2D eigenvalue weighted by Crippen LogP contribution is -2.36. The minimum Gasteiger partial charge on any atom is -0.373 e. The van der Waals surface area contributed by atoms with Gasteiger partial charge < -0.3 is 19.7 Å². The van der Waals surface area contributed by atoms with Gasteiger partial charge in [-0.1, -0.05) is 6.42 Å². The summed E-state index contributed by atoms with van der Waals surface area (Å²) in [5.74, 6) is 2.26. The van der Waals surface area contributed by atoms with Gasteiger partial charge in [-0.15, -0.1) is 0 Å². The molecular weight excluding hydrogens is 484 g/mol. The van der Waals surface area contributed by atoms with Gasteiger partial charge in [0, 0.05) is 56.5 Å². The quantitative estimate of drug-likeness (QED) is 0.428. The number of benzene rings is 1. The molecule has 3 fully saturated rings. The zero-order valence-corrected chi connectivity index (χ0v) is 22.2. The second-order valence-corrected chi connectivity index (χ2v) is 11.0. The van der Waals surface area contributed by atoms with E-state index >= 15 is 0 Å². The van der Waals surface area contributed by atoms with Crippen LogP contribution in [0.25, 0.3) is 11.3 Å². The molecule has 0 amide bonds. The van der Waals surface area contributed by atoms with E-state index in [9.17, 15) is 8.78 Å². The van der Waals surface area contributed by atoms with Gasteiger partial charge in [-0.05, 0) is 75.7 Å². The molecule has 0 radical (unpaired) electrons. The molecule has 2 aliphatic heterocycles. The number of halogens is 2. The van der Waals surface area contributed by atoms with Crippen molar-refractivity contribution in [2.75, 3.05) is 50.0 Å². The number of aromatic nitrogens is 4. The maximum Gasteiger partial charge on any atom is 0.159 e. The Hall–Kier alpha value is -3.07. The first-order chi connectivity index (χ1) is 18.6. The summed E-state index contributed by atoms with van der Waals surface area (Å²) in [4.78, 5) is 19.2. The zero-order valence-electron chi connectivity index (χ0n) is 22.2. The van der Waals surface area contributed by atoms with Gasteiger partial charge in [-0.25, -0.2) is 23.7 Å². The number of hydrogen-bond donors (Lipinski definition) is 1. The third kappa shape index (κ3) is 5.00. The van der Waals surface area contributed by atoms with Crippen molar-refractivity contribution < 1.29 is 8.78 Å². The molecule has 6 rings (SSSR count). The van der Waals surface area contributed by atoms with Crippen LogP contribution < -0.4 is 10.2 Å². The second kappa shape index (κ2) is 11.0. The van der Waals surface area contributed by atoms with Gasteiger partial charge >= 0.3 is 0 Å². The Bertz CT molecular complexity index is 1260. The van der Waals surface area contributed by atoms with E-state index < -0.39 is 11.6 Å². The van der Waals surface area contributed by atoms with Gasteiger partial charge in [0.1, 0.15) is 23.8 Å².